The Morgan fingerprint density at radius 2 is 1.80 bits per heavy atom. The van der Waals surface area contributed by atoms with Gasteiger partial charge < -0.3 is 0 Å². The first-order chi connectivity index (χ1) is 9.52. The summed E-state index contributed by atoms with van der Waals surface area (Å²) in [5.41, 5.74) is 4.95. The maximum absolute atomic E-state index is 6.26. The molecule has 0 unspecified atom stereocenters. The number of aryl methyl sites for hydroxylation is 2. The van der Waals surface area contributed by atoms with E-state index in [4.69, 9.17) is 16.6 Å². The highest BCUT2D eigenvalue weighted by Crippen LogP contribution is 2.42. The van der Waals surface area contributed by atoms with Crippen molar-refractivity contribution in [3.8, 4) is 0 Å². The maximum atomic E-state index is 6.26. The van der Waals surface area contributed by atoms with Crippen LogP contribution in [0.2, 0.25) is 5.15 Å². The highest BCUT2D eigenvalue weighted by molar-refractivity contribution is 14.1. The van der Waals surface area contributed by atoms with Gasteiger partial charge in [-0.3, -0.25) is 0 Å². The molecule has 4 heteroatoms. The van der Waals surface area contributed by atoms with Crippen molar-refractivity contribution in [2.24, 2.45) is 0 Å². The lowest BCUT2D eigenvalue weighted by molar-refractivity contribution is 0.888. The van der Waals surface area contributed by atoms with Gasteiger partial charge in [0.2, 0.25) is 0 Å². The van der Waals surface area contributed by atoms with Crippen LogP contribution >= 0.6 is 34.2 Å². The van der Waals surface area contributed by atoms with Crippen LogP contribution in [-0.2, 0) is 6.42 Å². The van der Waals surface area contributed by atoms with Gasteiger partial charge in [-0.1, -0.05) is 40.9 Å². The van der Waals surface area contributed by atoms with Gasteiger partial charge in [-0.25, -0.2) is 9.97 Å². The molecule has 0 amide bonds. The van der Waals surface area contributed by atoms with Crippen LogP contribution in [0.4, 0.5) is 0 Å². The Bertz CT molecular complexity index is 646. The van der Waals surface area contributed by atoms with Crippen LogP contribution in [0.3, 0.4) is 0 Å². The molecule has 104 valence electrons. The molecule has 2 aromatic rings. The van der Waals surface area contributed by atoms with Gasteiger partial charge >= 0.3 is 0 Å². The number of hydrogen-bond acceptors (Lipinski definition) is 2. The summed E-state index contributed by atoms with van der Waals surface area (Å²) < 4.78 is 1.02. The molecule has 0 radical (unpaired) electrons. The first kappa shape index (κ1) is 14.3. The summed E-state index contributed by atoms with van der Waals surface area (Å²) in [6.45, 7) is 4.24. The number of hydrogen-bond donors (Lipinski definition) is 0. The van der Waals surface area contributed by atoms with Crippen LogP contribution in [0.15, 0.2) is 18.2 Å². The molecule has 1 fully saturated rings. The normalized spacial score (nSPS) is 14.6. The van der Waals surface area contributed by atoms with E-state index in [2.05, 4.69) is 59.6 Å². The third-order valence-electron chi connectivity index (χ3n) is 3.49. The van der Waals surface area contributed by atoms with Crippen LogP contribution in [0.1, 0.15) is 47.0 Å². The van der Waals surface area contributed by atoms with Gasteiger partial charge in [-0.05, 0) is 54.8 Å². The zero-order valence-electron chi connectivity index (χ0n) is 11.6. The van der Waals surface area contributed by atoms with Crippen molar-refractivity contribution in [2.45, 2.75) is 39.0 Å². The molecule has 2 nitrogen and oxygen atoms in total. The smallest absolute Gasteiger partial charge is 0.146 e. The van der Waals surface area contributed by atoms with Crippen molar-refractivity contribution in [1.82, 2.24) is 9.97 Å². The standard InChI is InChI=1S/C16H16ClIN2/c1-9-5-10(2)7-11(6-9)8-13-19-15(12-3-4-12)14(18)16(17)20-13/h5-7,12H,3-4,8H2,1-2H3. The fraction of sp³-hybridized carbons (Fsp3) is 0.375. The van der Waals surface area contributed by atoms with Crippen LogP contribution < -0.4 is 0 Å². The van der Waals surface area contributed by atoms with Crippen molar-refractivity contribution in [1.29, 1.82) is 0 Å². The summed E-state index contributed by atoms with van der Waals surface area (Å²) in [6, 6.07) is 6.57. The van der Waals surface area contributed by atoms with E-state index in [0.29, 0.717) is 11.1 Å². The number of halogens is 2. The van der Waals surface area contributed by atoms with Crippen molar-refractivity contribution in [3.05, 3.63) is 55.1 Å². The van der Waals surface area contributed by atoms with Crippen LogP contribution in [0, 0.1) is 17.4 Å². The largest absolute Gasteiger partial charge is 0.236 e. The predicted molar refractivity (Wildman–Crippen MR) is 90.5 cm³/mol. The number of benzene rings is 1. The van der Waals surface area contributed by atoms with Gasteiger partial charge in [-0.15, -0.1) is 0 Å². The third-order valence-corrected chi connectivity index (χ3v) is 5.15. The molecule has 0 atom stereocenters. The molecule has 0 saturated heterocycles. The van der Waals surface area contributed by atoms with E-state index < -0.39 is 0 Å². The number of rotatable bonds is 3. The van der Waals surface area contributed by atoms with Crippen molar-refractivity contribution >= 4 is 34.2 Å². The Kier molecular flexibility index (Phi) is 4.00. The minimum Gasteiger partial charge on any atom is -0.236 e. The third kappa shape index (κ3) is 3.14. The van der Waals surface area contributed by atoms with Crippen molar-refractivity contribution < 1.29 is 0 Å². The fourth-order valence-electron chi connectivity index (χ4n) is 2.54. The molecule has 1 aliphatic carbocycles. The Morgan fingerprint density at radius 1 is 1.15 bits per heavy atom. The molecule has 1 aromatic carbocycles. The molecule has 1 aliphatic rings. The number of nitrogens with zero attached hydrogens (tertiary/aromatic N) is 2. The molecule has 0 bridgehead atoms. The van der Waals surface area contributed by atoms with Gasteiger partial charge in [0.15, 0.2) is 0 Å². The SMILES string of the molecule is Cc1cc(C)cc(Cc2nc(Cl)c(I)c(C3CC3)n2)c1. The van der Waals surface area contributed by atoms with E-state index in [-0.39, 0.29) is 0 Å². The Labute approximate surface area is 138 Å². The molecule has 0 aliphatic heterocycles. The van der Waals surface area contributed by atoms with E-state index >= 15 is 0 Å². The minimum atomic E-state index is 0.598. The van der Waals surface area contributed by atoms with Gasteiger partial charge in [-0.2, -0.15) is 0 Å². The highest BCUT2D eigenvalue weighted by Gasteiger charge is 2.29. The lowest BCUT2D eigenvalue weighted by Crippen LogP contribution is -2.04. The molecule has 0 spiro atoms. The average Bonchev–Trinajstić information content (AvgIpc) is 3.16. The first-order valence-corrected chi connectivity index (χ1v) is 8.27. The lowest BCUT2D eigenvalue weighted by atomic mass is 10.0. The summed E-state index contributed by atoms with van der Waals surface area (Å²) >= 11 is 8.52. The second kappa shape index (κ2) is 5.60. The lowest BCUT2D eigenvalue weighted by Gasteiger charge is -2.08. The van der Waals surface area contributed by atoms with Crippen molar-refractivity contribution in [2.75, 3.05) is 0 Å². The molecule has 1 heterocycles. The second-order valence-electron chi connectivity index (χ2n) is 5.58. The van der Waals surface area contributed by atoms with Gasteiger partial charge in [0.05, 0.1) is 9.26 Å². The number of aromatic nitrogens is 2. The maximum Gasteiger partial charge on any atom is 0.146 e. The summed E-state index contributed by atoms with van der Waals surface area (Å²) in [4.78, 5) is 9.19. The summed E-state index contributed by atoms with van der Waals surface area (Å²) in [6.07, 6.45) is 3.21. The molecule has 1 saturated carbocycles. The molecule has 0 N–H and O–H groups in total. The van der Waals surface area contributed by atoms with E-state index in [9.17, 15) is 0 Å². The van der Waals surface area contributed by atoms with E-state index in [1.165, 1.54) is 29.5 Å². The molecule has 20 heavy (non-hydrogen) atoms. The van der Waals surface area contributed by atoms with E-state index in [0.717, 1.165) is 21.5 Å². The summed E-state index contributed by atoms with van der Waals surface area (Å²) in [7, 11) is 0. The van der Waals surface area contributed by atoms with Gasteiger partial charge in [0.1, 0.15) is 11.0 Å². The topological polar surface area (TPSA) is 25.8 Å². The van der Waals surface area contributed by atoms with Crippen LogP contribution in [-0.4, -0.2) is 9.97 Å². The second-order valence-corrected chi connectivity index (χ2v) is 7.01. The molecular formula is C16H16ClIN2. The minimum absolute atomic E-state index is 0.598. The molecule has 1 aromatic heterocycles. The van der Waals surface area contributed by atoms with Crippen LogP contribution in [0.5, 0.6) is 0 Å². The van der Waals surface area contributed by atoms with Crippen molar-refractivity contribution in [3.63, 3.8) is 0 Å². The first-order valence-electron chi connectivity index (χ1n) is 6.82. The quantitative estimate of drug-likeness (QED) is 0.547. The molecular weight excluding hydrogens is 383 g/mol. The van der Waals surface area contributed by atoms with Crippen LogP contribution in [0.25, 0.3) is 0 Å². The summed E-state index contributed by atoms with van der Waals surface area (Å²) in [5.74, 6) is 1.43. The fourth-order valence-corrected chi connectivity index (χ4v) is 3.42. The zero-order chi connectivity index (χ0) is 14.3. The van der Waals surface area contributed by atoms with Gasteiger partial charge in [0.25, 0.3) is 0 Å². The Hall–Kier alpha value is -0.680. The summed E-state index contributed by atoms with van der Waals surface area (Å²) in [5, 5.41) is 0.599. The monoisotopic (exact) mass is 398 g/mol. The average molecular weight is 399 g/mol. The zero-order valence-corrected chi connectivity index (χ0v) is 14.5. The molecule has 3 rings (SSSR count). The van der Waals surface area contributed by atoms with E-state index in [1.807, 2.05) is 0 Å². The Morgan fingerprint density at radius 3 is 2.40 bits per heavy atom. The van der Waals surface area contributed by atoms with E-state index in [1.54, 1.807) is 0 Å². The van der Waals surface area contributed by atoms with Gasteiger partial charge in [0, 0.05) is 12.3 Å². The highest BCUT2D eigenvalue weighted by atomic mass is 127. The Balaban J connectivity index is 1.94. The predicted octanol–water partition coefficient (Wildman–Crippen LogP) is 4.82.